The number of benzene rings is 2. The second-order valence-corrected chi connectivity index (χ2v) is 17.3. The number of urea groups is 1. The second-order valence-electron chi connectivity index (χ2n) is 16.0. The molecule has 3 amide bonds. The van der Waals surface area contributed by atoms with Gasteiger partial charge in [0.15, 0.2) is 17.0 Å². The van der Waals surface area contributed by atoms with Crippen LogP contribution in [0.1, 0.15) is 51.2 Å². The van der Waals surface area contributed by atoms with Gasteiger partial charge in [0, 0.05) is 39.3 Å². The Bertz CT molecular complexity index is 2460. The van der Waals surface area contributed by atoms with Gasteiger partial charge in [0.2, 0.25) is 5.95 Å². The summed E-state index contributed by atoms with van der Waals surface area (Å²) in [6.45, 7) is 6.22. The van der Waals surface area contributed by atoms with Gasteiger partial charge < -0.3 is 35.3 Å². The maximum Gasteiger partial charge on any atom is 0.407 e. The Hall–Kier alpha value is -6.13. The number of aryl methyl sites for hydroxylation is 2. The van der Waals surface area contributed by atoms with Gasteiger partial charge in [-0.15, -0.1) is 5.10 Å². The Labute approximate surface area is 365 Å². The molecule has 22 heteroatoms. The molecule has 1 saturated heterocycles. The predicted molar refractivity (Wildman–Crippen MR) is 231 cm³/mol. The number of hydrazone groups is 1. The zero-order chi connectivity index (χ0) is 45.1. The molecule has 5 aromatic rings. The van der Waals surface area contributed by atoms with Crippen LogP contribution in [-0.2, 0) is 28.0 Å². The number of hydrogen-bond acceptors (Lipinski definition) is 14. The molecule has 3 atom stereocenters. The van der Waals surface area contributed by atoms with E-state index in [-0.39, 0.29) is 49.1 Å². The number of carbonyl (C=O) groups excluding carboxylic acids is 2. The minimum atomic E-state index is -1.25. The number of nitrogens with two attached hydrogens (primary N) is 1. The highest BCUT2D eigenvalue weighted by molar-refractivity contribution is 8.15. The number of hydroxylamine groups is 2. The summed E-state index contributed by atoms with van der Waals surface area (Å²) >= 11 is 1.11. The van der Waals surface area contributed by atoms with E-state index >= 15 is 4.39 Å². The van der Waals surface area contributed by atoms with Crippen LogP contribution in [0.2, 0.25) is 0 Å². The first-order valence-corrected chi connectivity index (χ1v) is 21.0. The van der Waals surface area contributed by atoms with E-state index in [1.807, 2.05) is 30.3 Å². The van der Waals surface area contributed by atoms with E-state index in [0.717, 1.165) is 35.0 Å². The molecule has 3 aromatic heterocycles. The van der Waals surface area contributed by atoms with Crippen molar-refractivity contribution < 1.29 is 37.1 Å². The molecule has 63 heavy (non-hydrogen) atoms. The standard InChI is InChI=1S/C41H50F3N13O5S/c1-40(2,3)62-38(58)46-17-10-16-41(25-12-8-7-9-13-25)57(52-36(63-41)27-20-26(42)14-15-28(27)43)39(59)54(5)61-19-11-18-56-23-31(35(51-56)60-6)48-33-32-34(53(4)24-47-32)50-37(49-33)55-21-29(44)30(45)22-55/h7-9,12-15,20,23-24,29-30H,10-11,16-19,21-22,45H2,1-6H3,(H,46,58)(H,48,49,50)/t29?,30-,41+/m1/s1. The SMILES string of the molecule is COc1nn(CCCON(C)C(=O)N2N=C(c3cc(F)ccc3F)S[C@@]2(CCCNC(=O)OC(C)(C)C)c2ccccc2)cc1Nc1nc(N2CC(F)[C@H](N)C2)nc2c1ncn2C. The highest BCUT2D eigenvalue weighted by Crippen LogP contribution is 2.51. The number of imidazole rings is 1. The van der Waals surface area contributed by atoms with Gasteiger partial charge in [0.25, 0.3) is 5.88 Å². The van der Waals surface area contributed by atoms with E-state index in [1.165, 1.54) is 19.2 Å². The minimum Gasteiger partial charge on any atom is -0.478 e. The van der Waals surface area contributed by atoms with Crippen molar-refractivity contribution in [3.8, 4) is 5.88 Å². The minimum absolute atomic E-state index is 0.0667. The lowest BCUT2D eigenvalue weighted by Gasteiger charge is -2.37. The van der Waals surface area contributed by atoms with Crippen LogP contribution in [0.4, 0.5) is 40.2 Å². The highest BCUT2D eigenvalue weighted by atomic mass is 32.2. The molecule has 7 rings (SSSR count). The molecule has 336 valence electrons. The fraction of sp³-hybridized carbons (Fsp3) is 0.439. The quantitative estimate of drug-likeness (QED) is 0.0817. The number of aromatic nitrogens is 6. The number of thioether (sulfide) groups is 1. The first kappa shape index (κ1) is 44.9. The van der Waals surface area contributed by atoms with Crippen molar-refractivity contribution in [1.29, 1.82) is 0 Å². The van der Waals surface area contributed by atoms with E-state index in [0.29, 0.717) is 53.6 Å². The molecule has 1 unspecified atom stereocenters. The normalized spacial score (nSPS) is 18.8. The van der Waals surface area contributed by atoms with Gasteiger partial charge in [-0.2, -0.15) is 20.1 Å². The first-order valence-electron chi connectivity index (χ1n) is 20.2. The van der Waals surface area contributed by atoms with Gasteiger partial charge in [0.05, 0.1) is 38.8 Å². The molecular formula is C41H50F3N13O5S. The molecule has 0 radical (unpaired) electrons. The summed E-state index contributed by atoms with van der Waals surface area (Å²) < 4.78 is 58.4. The second kappa shape index (κ2) is 18.7. The molecule has 4 N–H and O–H groups in total. The Morgan fingerprint density at radius 3 is 2.59 bits per heavy atom. The Morgan fingerprint density at radius 2 is 1.87 bits per heavy atom. The fourth-order valence-electron chi connectivity index (χ4n) is 7.05. The summed E-state index contributed by atoms with van der Waals surface area (Å²) in [6, 6.07) is 10.8. The molecule has 5 heterocycles. The molecule has 18 nitrogen and oxygen atoms in total. The average molecular weight is 894 g/mol. The van der Waals surface area contributed by atoms with Crippen LogP contribution in [0.15, 0.2) is 66.2 Å². The van der Waals surface area contributed by atoms with E-state index in [4.69, 9.17) is 20.0 Å². The Kier molecular flexibility index (Phi) is 13.3. The topological polar surface area (TPSA) is 195 Å². The Morgan fingerprint density at radius 1 is 1.10 bits per heavy atom. The number of nitrogens with zero attached hydrogens (tertiary/aromatic N) is 10. The lowest BCUT2D eigenvalue weighted by atomic mass is 10.0. The van der Waals surface area contributed by atoms with Crippen molar-refractivity contribution in [3.63, 3.8) is 0 Å². The third-order valence-corrected chi connectivity index (χ3v) is 11.6. The number of amides is 3. The molecular weight excluding hydrogens is 844 g/mol. The van der Waals surface area contributed by atoms with Crippen LogP contribution < -0.4 is 26.0 Å². The smallest absolute Gasteiger partial charge is 0.407 e. The molecule has 0 spiro atoms. The predicted octanol–water partition coefficient (Wildman–Crippen LogP) is 6.02. The van der Waals surface area contributed by atoms with Crippen LogP contribution in [0.25, 0.3) is 11.2 Å². The summed E-state index contributed by atoms with van der Waals surface area (Å²) in [5, 5.41) is 17.5. The van der Waals surface area contributed by atoms with Gasteiger partial charge in [-0.1, -0.05) is 42.1 Å². The molecule has 0 aliphatic carbocycles. The number of alkyl halides is 1. The molecule has 2 aliphatic heterocycles. The average Bonchev–Trinajstić information content (AvgIpc) is 4.03. The molecule has 2 aliphatic rings. The molecule has 2 aromatic carbocycles. The lowest BCUT2D eigenvalue weighted by Crippen LogP contribution is -2.47. The van der Waals surface area contributed by atoms with Crippen molar-refractivity contribution in [2.45, 2.75) is 69.3 Å². The van der Waals surface area contributed by atoms with Gasteiger partial charge in [-0.05, 0) is 63.8 Å². The maximum absolute atomic E-state index is 15.3. The monoisotopic (exact) mass is 893 g/mol. The van der Waals surface area contributed by atoms with Crippen molar-refractivity contribution in [1.82, 2.24) is 44.7 Å². The van der Waals surface area contributed by atoms with Crippen LogP contribution in [0, 0.1) is 11.6 Å². The van der Waals surface area contributed by atoms with Gasteiger partial charge >= 0.3 is 12.1 Å². The van der Waals surface area contributed by atoms with Crippen molar-refractivity contribution in [3.05, 3.63) is 83.8 Å². The van der Waals surface area contributed by atoms with Gasteiger partial charge in [-0.25, -0.2) is 32.8 Å². The van der Waals surface area contributed by atoms with Crippen molar-refractivity contribution in [2.24, 2.45) is 17.9 Å². The summed E-state index contributed by atoms with van der Waals surface area (Å²) in [4.78, 5) is 47.0. The largest absolute Gasteiger partial charge is 0.478 e. The fourth-order valence-corrected chi connectivity index (χ4v) is 8.47. The maximum atomic E-state index is 15.3. The van der Waals surface area contributed by atoms with Crippen LogP contribution in [0.5, 0.6) is 5.88 Å². The molecule has 0 saturated carbocycles. The third kappa shape index (κ3) is 10.1. The van der Waals surface area contributed by atoms with Crippen LogP contribution in [-0.4, -0.2) is 115 Å². The number of methoxy groups -OCH3 is 1. The summed E-state index contributed by atoms with van der Waals surface area (Å²) in [7, 11) is 4.73. The number of rotatable bonds is 15. The number of anilines is 3. The first-order chi connectivity index (χ1) is 30.0. The van der Waals surface area contributed by atoms with E-state index in [9.17, 15) is 18.4 Å². The summed E-state index contributed by atoms with van der Waals surface area (Å²) in [5.41, 5.74) is 7.31. The Balaban J connectivity index is 1.05. The van der Waals surface area contributed by atoms with E-state index in [1.54, 1.807) is 54.5 Å². The number of alkyl carbamates (subject to hydrolysis) is 1. The number of carbonyl (C=O) groups is 2. The molecule has 0 bridgehead atoms. The summed E-state index contributed by atoms with van der Waals surface area (Å²) in [5.74, 6) is -0.436. The number of ether oxygens (including phenoxy) is 2. The van der Waals surface area contributed by atoms with Crippen LogP contribution in [0.3, 0.4) is 0 Å². The third-order valence-electron chi connectivity index (χ3n) is 10.1. The highest BCUT2D eigenvalue weighted by Gasteiger charge is 2.50. The van der Waals surface area contributed by atoms with Crippen LogP contribution >= 0.6 is 11.8 Å². The zero-order valence-corrected chi connectivity index (χ0v) is 36.5. The number of halogens is 3. The van der Waals surface area contributed by atoms with Crippen molar-refractivity contribution >= 4 is 57.5 Å². The number of hydrogen-bond donors (Lipinski definition) is 3. The lowest BCUT2D eigenvalue weighted by molar-refractivity contribution is -0.112. The zero-order valence-electron chi connectivity index (χ0n) is 35.7. The van der Waals surface area contributed by atoms with Gasteiger partial charge in [0.1, 0.15) is 39.0 Å². The molecule has 1 fully saturated rings. The van der Waals surface area contributed by atoms with Gasteiger partial charge in [-0.3, -0.25) is 9.52 Å². The number of fused-ring (bicyclic) bond motifs is 1. The number of nitrogens with one attached hydrogen (secondary N) is 2. The van der Waals surface area contributed by atoms with E-state index in [2.05, 4.69) is 35.8 Å². The summed E-state index contributed by atoms with van der Waals surface area (Å²) in [6.07, 6.45) is 2.52. The van der Waals surface area contributed by atoms with E-state index < -0.39 is 46.4 Å². The van der Waals surface area contributed by atoms with Crippen molar-refractivity contribution in [2.75, 3.05) is 50.6 Å².